The molecule has 0 heterocycles. The van der Waals surface area contributed by atoms with Gasteiger partial charge in [-0.15, -0.1) is 0 Å². The molecule has 82 valence electrons. The van der Waals surface area contributed by atoms with Crippen molar-refractivity contribution in [2.45, 2.75) is 45.6 Å². The van der Waals surface area contributed by atoms with Gasteiger partial charge in [0.2, 0.25) is 5.96 Å². The standard InChI is InChI=1S/C10H22N4/c1-8(2)7-12-9(14-11)13-10(3)5-4-6-10/h8H,4-7,11H2,1-3H3,(H2,12,13,14). The van der Waals surface area contributed by atoms with E-state index in [-0.39, 0.29) is 5.54 Å². The molecule has 0 bridgehead atoms. The molecule has 0 unspecified atom stereocenters. The Labute approximate surface area is 86.3 Å². The molecule has 0 aliphatic heterocycles. The molecule has 1 rings (SSSR count). The summed E-state index contributed by atoms with van der Waals surface area (Å²) in [5.74, 6) is 6.69. The number of nitrogens with one attached hydrogen (secondary N) is 2. The molecule has 0 spiro atoms. The van der Waals surface area contributed by atoms with Gasteiger partial charge in [-0.1, -0.05) is 13.8 Å². The summed E-state index contributed by atoms with van der Waals surface area (Å²) in [5.41, 5.74) is 2.83. The van der Waals surface area contributed by atoms with Crippen molar-refractivity contribution in [3.05, 3.63) is 0 Å². The lowest BCUT2D eigenvalue weighted by atomic mass is 9.79. The Morgan fingerprint density at radius 3 is 2.50 bits per heavy atom. The fourth-order valence-corrected chi connectivity index (χ4v) is 1.51. The second-order valence-electron chi connectivity index (χ2n) is 4.77. The highest BCUT2D eigenvalue weighted by molar-refractivity contribution is 5.80. The SMILES string of the molecule is CC(C)CN=C(NN)NC1(C)CCC1. The molecule has 0 aromatic heterocycles. The minimum Gasteiger partial charge on any atom is -0.350 e. The van der Waals surface area contributed by atoms with Gasteiger partial charge < -0.3 is 5.32 Å². The molecular formula is C10H22N4. The smallest absolute Gasteiger partial charge is 0.206 e. The van der Waals surface area contributed by atoms with Gasteiger partial charge in [0.1, 0.15) is 0 Å². The number of rotatable bonds is 3. The van der Waals surface area contributed by atoms with Gasteiger partial charge in [-0.25, -0.2) is 5.84 Å². The maximum atomic E-state index is 5.40. The first kappa shape index (κ1) is 11.3. The molecule has 1 aliphatic rings. The van der Waals surface area contributed by atoms with Crippen LogP contribution >= 0.6 is 0 Å². The highest BCUT2D eigenvalue weighted by Gasteiger charge is 2.32. The largest absolute Gasteiger partial charge is 0.350 e. The lowest BCUT2D eigenvalue weighted by Crippen LogP contribution is -2.56. The molecule has 0 amide bonds. The quantitative estimate of drug-likeness (QED) is 0.274. The van der Waals surface area contributed by atoms with Gasteiger partial charge in [-0.2, -0.15) is 0 Å². The molecule has 0 aromatic rings. The van der Waals surface area contributed by atoms with E-state index in [1.807, 2.05) is 0 Å². The van der Waals surface area contributed by atoms with Crippen molar-refractivity contribution in [3.63, 3.8) is 0 Å². The zero-order chi connectivity index (χ0) is 10.6. The molecule has 4 N–H and O–H groups in total. The van der Waals surface area contributed by atoms with E-state index in [2.05, 4.69) is 36.5 Å². The van der Waals surface area contributed by atoms with Crippen molar-refractivity contribution in [1.29, 1.82) is 0 Å². The summed E-state index contributed by atoms with van der Waals surface area (Å²) in [4.78, 5) is 4.38. The number of guanidine groups is 1. The van der Waals surface area contributed by atoms with Crippen LogP contribution in [-0.2, 0) is 0 Å². The number of hydrogen-bond acceptors (Lipinski definition) is 2. The third kappa shape index (κ3) is 3.18. The minimum atomic E-state index is 0.210. The number of hydrogen-bond donors (Lipinski definition) is 3. The topological polar surface area (TPSA) is 62.4 Å². The van der Waals surface area contributed by atoms with E-state index in [0.717, 1.165) is 12.5 Å². The molecule has 0 radical (unpaired) electrons. The van der Waals surface area contributed by atoms with Crippen LogP contribution in [0.15, 0.2) is 4.99 Å². The summed E-state index contributed by atoms with van der Waals surface area (Å²) in [6.07, 6.45) is 3.70. The van der Waals surface area contributed by atoms with Gasteiger partial charge in [0.25, 0.3) is 0 Å². The number of hydrazine groups is 1. The van der Waals surface area contributed by atoms with Gasteiger partial charge in [0.15, 0.2) is 0 Å². The first-order valence-electron chi connectivity index (χ1n) is 5.35. The average molecular weight is 198 g/mol. The van der Waals surface area contributed by atoms with Crippen molar-refractivity contribution in [1.82, 2.24) is 10.7 Å². The van der Waals surface area contributed by atoms with Gasteiger partial charge in [-0.05, 0) is 32.1 Å². The van der Waals surface area contributed by atoms with Crippen LogP contribution in [0.25, 0.3) is 0 Å². The second-order valence-corrected chi connectivity index (χ2v) is 4.77. The highest BCUT2D eigenvalue weighted by Crippen LogP contribution is 2.30. The fourth-order valence-electron chi connectivity index (χ4n) is 1.51. The third-order valence-electron chi connectivity index (χ3n) is 2.63. The number of aliphatic imine (C=N–C) groups is 1. The summed E-state index contributed by atoms with van der Waals surface area (Å²) in [6.45, 7) is 7.30. The van der Waals surface area contributed by atoms with Gasteiger partial charge in [-0.3, -0.25) is 10.4 Å². The molecule has 1 fully saturated rings. The Bertz CT molecular complexity index is 206. The first-order chi connectivity index (χ1) is 6.56. The Hall–Kier alpha value is -0.770. The van der Waals surface area contributed by atoms with Crippen molar-refractivity contribution in [2.24, 2.45) is 16.8 Å². The van der Waals surface area contributed by atoms with E-state index in [1.165, 1.54) is 19.3 Å². The zero-order valence-corrected chi connectivity index (χ0v) is 9.43. The summed E-state index contributed by atoms with van der Waals surface area (Å²) >= 11 is 0. The minimum absolute atomic E-state index is 0.210. The summed E-state index contributed by atoms with van der Waals surface area (Å²) < 4.78 is 0. The van der Waals surface area contributed by atoms with Crippen LogP contribution in [0.3, 0.4) is 0 Å². The average Bonchev–Trinajstić information content (AvgIpc) is 2.09. The van der Waals surface area contributed by atoms with E-state index in [0.29, 0.717) is 5.92 Å². The van der Waals surface area contributed by atoms with Crippen LogP contribution in [-0.4, -0.2) is 18.0 Å². The molecule has 0 saturated heterocycles. The second kappa shape index (κ2) is 4.64. The van der Waals surface area contributed by atoms with Crippen LogP contribution < -0.4 is 16.6 Å². The Morgan fingerprint density at radius 2 is 2.14 bits per heavy atom. The summed E-state index contributed by atoms with van der Waals surface area (Å²) in [6, 6.07) is 0. The Balaban J connectivity index is 2.41. The zero-order valence-electron chi connectivity index (χ0n) is 9.43. The maximum Gasteiger partial charge on any atom is 0.206 e. The highest BCUT2D eigenvalue weighted by atomic mass is 15.3. The van der Waals surface area contributed by atoms with E-state index < -0.39 is 0 Å². The Kier molecular flexibility index (Phi) is 3.75. The molecular weight excluding hydrogens is 176 g/mol. The number of nitrogens with two attached hydrogens (primary N) is 1. The van der Waals surface area contributed by atoms with E-state index in [1.54, 1.807) is 0 Å². The van der Waals surface area contributed by atoms with E-state index in [9.17, 15) is 0 Å². The molecule has 14 heavy (non-hydrogen) atoms. The predicted octanol–water partition coefficient (Wildman–Crippen LogP) is 0.994. The van der Waals surface area contributed by atoms with Gasteiger partial charge >= 0.3 is 0 Å². The monoisotopic (exact) mass is 198 g/mol. The van der Waals surface area contributed by atoms with Crippen molar-refractivity contribution < 1.29 is 0 Å². The molecule has 1 aliphatic carbocycles. The molecule has 0 aromatic carbocycles. The van der Waals surface area contributed by atoms with E-state index in [4.69, 9.17) is 5.84 Å². The maximum absolute atomic E-state index is 5.40. The van der Waals surface area contributed by atoms with Crippen molar-refractivity contribution in [3.8, 4) is 0 Å². The van der Waals surface area contributed by atoms with Crippen LogP contribution in [0.1, 0.15) is 40.0 Å². The van der Waals surface area contributed by atoms with Crippen LogP contribution in [0.5, 0.6) is 0 Å². The van der Waals surface area contributed by atoms with Crippen LogP contribution in [0, 0.1) is 5.92 Å². The molecule has 4 heteroatoms. The van der Waals surface area contributed by atoms with Crippen LogP contribution in [0.4, 0.5) is 0 Å². The van der Waals surface area contributed by atoms with Gasteiger partial charge in [0.05, 0.1) is 0 Å². The van der Waals surface area contributed by atoms with Gasteiger partial charge in [0, 0.05) is 12.1 Å². The Morgan fingerprint density at radius 1 is 1.50 bits per heavy atom. The van der Waals surface area contributed by atoms with Crippen molar-refractivity contribution in [2.75, 3.05) is 6.54 Å². The fraction of sp³-hybridized carbons (Fsp3) is 0.900. The lowest BCUT2D eigenvalue weighted by molar-refractivity contribution is 0.241. The summed E-state index contributed by atoms with van der Waals surface area (Å²) in [5, 5.41) is 3.35. The third-order valence-corrected chi connectivity index (χ3v) is 2.63. The van der Waals surface area contributed by atoms with E-state index >= 15 is 0 Å². The lowest BCUT2D eigenvalue weighted by Gasteiger charge is -2.40. The molecule has 1 saturated carbocycles. The first-order valence-corrected chi connectivity index (χ1v) is 5.35. The number of nitrogens with zero attached hydrogens (tertiary/aromatic N) is 1. The predicted molar refractivity (Wildman–Crippen MR) is 59.9 cm³/mol. The van der Waals surface area contributed by atoms with Crippen molar-refractivity contribution >= 4 is 5.96 Å². The normalized spacial score (nSPS) is 20.5. The summed E-state index contributed by atoms with van der Waals surface area (Å²) in [7, 11) is 0. The molecule has 4 nitrogen and oxygen atoms in total. The molecule has 0 atom stereocenters. The van der Waals surface area contributed by atoms with Crippen LogP contribution in [0.2, 0.25) is 0 Å².